The number of carbonyl (C=O) groups excluding carboxylic acids is 1. The van der Waals surface area contributed by atoms with E-state index < -0.39 is 0 Å². The van der Waals surface area contributed by atoms with Crippen molar-refractivity contribution in [3.63, 3.8) is 0 Å². The predicted molar refractivity (Wildman–Crippen MR) is 62.9 cm³/mol. The van der Waals surface area contributed by atoms with Gasteiger partial charge in [-0.2, -0.15) is 5.12 Å². The number of rotatable bonds is 4. The SMILES string of the molecule is C/C(N)=N/N(N)c1ncc(NC=O)cc1Cl. The number of hydrazone groups is 1. The van der Waals surface area contributed by atoms with Crippen LogP contribution in [0.5, 0.6) is 0 Å². The summed E-state index contributed by atoms with van der Waals surface area (Å²) in [5, 5.41) is 7.37. The fourth-order valence-corrected chi connectivity index (χ4v) is 1.22. The van der Waals surface area contributed by atoms with Gasteiger partial charge in [-0.15, -0.1) is 5.10 Å². The van der Waals surface area contributed by atoms with Crippen LogP contribution in [0.15, 0.2) is 17.4 Å². The van der Waals surface area contributed by atoms with Gasteiger partial charge in [-0.1, -0.05) is 11.6 Å². The Kier molecular flexibility index (Phi) is 4.03. The molecule has 0 aliphatic heterocycles. The third-order valence-corrected chi connectivity index (χ3v) is 1.81. The Morgan fingerprint density at radius 3 is 2.94 bits per heavy atom. The molecule has 0 atom stereocenters. The largest absolute Gasteiger partial charge is 0.386 e. The van der Waals surface area contributed by atoms with Crippen LogP contribution in [0.4, 0.5) is 11.5 Å². The Hall–Kier alpha value is -1.86. The first kappa shape index (κ1) is 12.2. The molecule has 0 radical (unpaired) electrons. The van der Waals surface area contributed by atoms with E-state index in [1.165, 1.54) is 12.3 Å². The Morgan fingerprint density at radius 2 is 2.44 bits per heavy atom. The molecule has 16 heavy (non-hydrogen) atoms. The quantitative estimate of drug-likeness (QED) is 0.231. The summed E-state index contributed by atoms with van der Waals surface area (Å²) >= 11 is 5.89. The van der Waals surface area contributed by atoms with Crippen molar-refractivity contribution in [2.24, 2.45) is 16.7 Å². The zero-order valence-corrected chi connectivity index (χ0v) is 9.27. The number of pyridine rings is 1. The first-order valence-corrected chi connectivity index (χ1v) is 4.63. The minimum atomic E-state index is 0.239. The molecule has 1 aromatic rings. The lowest BCUT2D eigenvalue weighted by Crippen LogP contribution is -2.28. The summed E-state index contributed by atoms with van der Waals surface area (Å²) in [5.41, 5.74) is 5.82. The van der Waals surface area contributed by atoms with Crippen LogP contribution in [0, 0.1) is 0 Å². The molecule has 1 aromatic heterocycles. The van der Waals surface area contributed by atoms with Gasteiger partial charge in [-0.3, -0.25) is 4.79 Å². The third-order valence-electron chi connectivity index (χ3n) is 1.53. The van der Waals surface area contributed by atoms with E-state index in [0.29, 0.717) is 12.1 Å². The lowest BCUT2D eigenvalue weighted by atomic mass is 10.4. The van der Waals surface area contributed by atoms with Crippen LogP contribution >= 0.6 is 11.6 Å². The Balaban J connectivity index is 2.98. The maximum Gasteiger partial charge on any atom is 0.211 e. The minimum Gasteiger partial charge on any atom is -0.386 e. The predicted octanol–water partition coefficient (Wildman–Crippen LogP) is 0.275. The van der Waals surface area contributed by atoms with E-state index in [2.05, 4.69) is 15.4 Å². The van der Waals surface area contributed by atoms with Crippen LogP contribution in [0.3, 0.4) is 0 Å². The number of nitrogens with two attached hydrogens (primary N) is 2. The van der Waals surface area contributed by atoms with Crippen LogP contribution in [-0.2, 0) is 4.79 Å². The average Bonchev–Trinajstić information content (AvgIpc) is 2.16. The van der Waals surface area contributed by atoms with Gasteiger partial charge in [-0.05, 0) is 13.0 Å². The fourth-order valence-electron chi connectivity index (χ4n) is 0.964. The van der Waals surface area contributed by atoms with Crippen molar-refractivity contribution < 1.29 is 4.79 Å². The molecule has 1 amide bonds. The third kappa shape index (κ3) is 3.07. The molecule has 1 rings (SSSR count). The Morgan fingerprint density at radius 1 is 1.75 bits per heavy atom. The van der Waals surface area contributed by atoms with Crippen LogP contribution < -0.4 is 22.0 Å². The molecule has 86 valence electrons. The molecule has 8 heteroatoms. The monoisotopic (exact) mass is 242 g/mol. The molecular formula is C8H11ClN6O. The molecule has 0 aromatic carbocycles. The van der Waals surface area contributed by atoms with E-state index >= 15 is 0 Å². The summed E-state index contributed by atoms with van der Waals surface area (Å²) < 4.78 is 0. The van der Waals surface area contributed by atoms with Gasteiger partial charge >= 0.3 is 0 Å². The highest BCUT2D eigenvalue weighted by atomic mass is 35.5. The molecule has 0 aliphatic carbocycles. The zero-order valence-electron chi connectivity index (χ0n) is 8.51. The molecule has 5 N–H and O–H groups in total. The number of aromatic nitrogens is 1. The second-order valence-electron chi connectivity index (χ2n) is 2.88. The standard InChI is InChI=1S/C8H11ClN6O/c1-5(10)14-15(11)8-7(9)2-6(3-12-8)13-4-16/h2-4H,11H2,1H3,(H2,10,14)(H,13,16). The molecule has 0 saturated heterocycles. The van der Waals surface area contributed by atoms with E-state index in [1.807, 2.05) is 0 Å². The van der Waals surface area contributed by atoms with Gasteiger partial charge in [0.1, 0.15) is 5.84 Å². The van der Waals surface area contributed by atoms with Crippen molar-refractivity contribution in [3.05, 3.63) is 17.3 Å². The molecule has 0 fully saturated rings. The van der Waals surface area contributed by atoms with Gasteiger partial charge in [0.2, 0.25) is 6.41 Å². The molecule has 7 nitrogen and oxygen atoms in total. The van der Waals surface area contributed by atoms with Crippen molar-refractivity contribution in [1.29, 1.82) is 0 Å². The number of nitrogens with zero attached hydrogens (tertiary/aromatic N) is 3. The summed E-state index contributed by atoms with van der Waals surface area (Å²) in [5.74, 6) is 6.06. The number of anilines is 2. The summed E-state index contributed by atoms with van der Waals surface area (Å²) in [7, 11) is 0. The Labute approximate surface area is 97.0 Å². The average molecular weight is 243 g/mol. The molecular weight excluding hydrogens is 232 g/mol. The van der Waals surface area contributed by atoms with Crippen LogP contribution in [0.2, 0.25) is 5.02 Å². The molecule has 0 spiro atoms. The van der Waals surface area contributed by atoms with Crippen LogP contribution in [-0.4, -0.2) is 17.2 Å². The minimum absolute atomic E-state index is 0.239. The van der Waals surface area contributed by atoms with E-state index in [4.69, 9.17) is 23.2 Å². The van der Waals surface area contributed by atoms with Crippen molar-refractivity contribution in [1.82, 2.24) is 4.98 Å². The topological polar surface area (TPSA) is 110 Å². The van der Waals surface area contributed by atoms with Gasteiger partial charge < -0.3 is 11.1 Å². The summed E-state index contributed by atoms with van der Waals surface area (Å²) in [6, 6.07) is 1.50. The number of nitrogens with one attached hydrogen (secondary N) is 1. The molecule has 0 saturated carbocycles. The lowest BCUT2D eigenvalue weighted by molar-refractivity contribution is -0.105. The second-order valence-corrected chi connectivity index (χ2v) is 3.28. The van der Waals surface area contributed by atoms with E-state index in [9.17, 15) is 4.79 Å². The zero-order chi connectivity index (χ0) is 12.1. The number of hydrazine groups is 1. The van der Waals surface area contributed by atoms with Crippen LogP contribution in [0.25, 0.3) is 0 Å². The number of hydrogen-bond donors (Lipinski definition) is 3. The van der Waals surface area contributed by atoms with Gasteiger partial charge in [0.25, 0.3) is 0 Å². The maximum atomic E-state index is 10.2. The Bertz CT molecular complexity index is 417. The van der Waals surface area contributed by atoms with E-state index in [1.54, 1.807) is 6.92 Å². The molecule has 0 unspecified atom stereocenters. The summed E-state index contributed by atoms with van der Waals surface area (Å²) in [6.45, 7) is 1.58. The summed E-state index contributed by atoms with van der Waals surface area (Å²) in [6.07, 6.45) is 1.92. The summed E-state index contributed by atoms with van der Waals surface area (Å²) in [4.78, 5) is 14.1. The van der Waals surface area contributed by atoms with E-state index in [0.717, 1.165) is 5.12 Å². The van der Waals surface area contributed by atoms with Crippen LogP contribution in [0.1, 0.15) is 6.92 Å². The van der Waals surface area contributed by atoms with Gasteiger partial charge in [0.05, 0.1) is 16.9 Å². The molecule has 0 aliphatic rings. The number of halogens is 1. The molecule has 0 bridgehead atoms. The highest BCUT2D eigenvalue weighted by molar-refractivity contribution is 6.33. The van der Waals surface area contributed by atoms with Gasteiger partial charge in [-0.25, -0.2) is 10.8 Å². The van der Waals surface area contributed by atoms with Gasteiger partial charge in [0.15, 0.2) is 5.82 Å². The first-order valence-electron chi connectivity index (χ1n) is 4.26. The number of hydrogen-bond acceptors (Lipinski definition) is 5. The molecule has 1 heterocycles. The van der Waals surface area contributed by atoms with Crippen molar-refractivity contribution in [2.45, 2.75) is 6.92 Å². The smallest absolute Gasteiger partial charge is 0.211 e. The maximum absolute atomic E-state index is 10.2. The van der Waals surface area contributed by atoms with E-state index in [-0.39, 0.29) is 16.7 Å². The number of amidine groups is 1. The van der Waals surface area contributed by atoms with Gasteiger partial charge in [0, 0.05) is 0 Å². The fraction of sp³-hybridized carbons (Fsp3) is 0.125. The van der Waals surface area contributed by atoms with Crippen molar-refractivity contribution >= 4 is 35.4 Å². The number of amides is 1. The first-order chi connectivity index (χ1) is 7.54. The normalized spacial score (nSPS) is 11.1. The van der Waals surface area contributed by atoms with Crippen molar-refractivity contribution in [3.8, 4) is 0 Å². The highest BCUT2D eigenvalue weighted by Gasteiger charge is 2.08. The van der Waals surface area contributed by atoms with Crippen molar-refractivity contribution in [2.75, 3.05) is 10.4 Å². The second kappa shape index (κ2) is 5.29. The number of carbonyl (C=O) groups is 1. The lowest BCUT2D eigenvalue weighted by Gasteiger charge is -2.13. The highest BCUT2D eigenvalue weighted by Crippen LogP contribution is 2.24.